The summed E-state index contributed by atoms with van der Waals surface area (Å²) < 4.78 is 4.63. The largest absolute Gasteiger partial charge is 0.307 e. The number of para-hydroxylation sites is 2. The summed E-state index contributed by atoms with van der Waals surface area (Å²) in [4.78, 5) is 5.28. The van der Waals surface area contributed by atoms with Crippen molar-refractivity contribution in [1.29, 1.82) is 5.26 Å². The summed E-state index contributed by atoms with van der Waals surface area (Å²) in [6.45, 7) is 0. The number of fused-ring (bicyclic) bond motifs is 6. The van der Waals surface area contributed by atoms with E-state index in [1.54, 1.807) is 0 Å². The lowest BCUT2D eigenvalue weighted by molar-refractivity contribution is 1.06. The molecule has 0 bridgehead atoms. The van der Waals surface area contributed by atoms with Crippen molar-refractivity contribution in [2.75, 3.05) is 0 Å². The van der Waals surface area contributed by atoms with Gasteiger partial charge in [-0.3, -0.25) is 4.57 Å². The average Bonchev–Trinajstić information content (AvgIpc) is 3.73. The summed E-state index contributed by atoms with van der Waals surface area (Å²) in [5, 5.41) is 14.4. The Labute approximate surface area is 300 Å². The van der Waals surface area contributed by atoms with E-state index in [0.717, 1.165) is 55.8 Å². The summed E-state index contributed by atoms with van der Waals surface area (Å²) in [5.41, 5.74) is 12.7. The Morgan fingerprint density at radius 1 is 0.404 bits per heavy atom. The Kier molecular flexibility index (Phi) is 6.84. The van der Waals surface area contributed by atoms with Crippen LogP contribution in [0.15, 0.2) is 182 Å². The van der Waals surface area contributed by atoms with Crippen LogP contribution in [0.5, 0.6) is 0 Å². The van der Waals surface area contributed by atoms with Crippen LogP contribution in [0, 0.1) is 11.3 Å². The van der Waals surface area contributed by atoms with E-state index < -0.39 is 0 Å². The number of rotatable bonds is 5. The number of hydrogen-bond donors (Lipinski definition) is 0. The molecule has 0 spiro atoms. The second-order valence-electron chi connectivity index (χ2n) is 13.1. The van der Waals surface area contributed by atoms with Gasteiger partial charge in [-0.05, 0) is 70.3 Å². The minimum absolute atomic E-state index is 0.625. The minimum atomic E-state index is 0.625. The van der Waals surface area contributed by atoms with Crippen molar-refractivity contribution in [1.82, 2.24) is 14.1 Å². The van der Waals surface area contributed by atoms with Gasteiger partial charge in [0, 0.05) is 27.1 Å². The molecule has 0 aliphatic rings. The van der Waals surface area contributed by atoms with Gasteiger partial charge in [-0.15, -0.1) is 0 Å². The van der Waals surface area contributed by atoms with Crippen molar-refractivity contribution >= 4 is 43.6 Å². The standard InChI is InChI=1S/C48H30N4/c49-30-32-19-21-35(22-20-32)42-29-48(52-44-18-10-8-16-39(44)41-26-24-37(28-46(41)52)34-13-5-2-6-14-34)50-31-47(42)51-43-17-9-7-15-38(43)40-25-23-36(27-45(40)51)33-11-3-1-4-12-33/h1-29,31H. The number of nitrogens with zero attached hydrogens (tertiary/aromatic N) is 4. The molecule has 0 fully saturated rings. The maximum Gasteiger partial charge on any atom is 0.138 e. The molecular weight excluding hydrogens is 633 g/mol. The monoisotopic (exact) mass is 662 g/mol. The van der Waals surface area contributed by atoms with Gasteiger partial charge in [-0.2, -0.15) is 5.26 Å². The lowest BCUT2D eigenvalue weighted by Crippen LogP contribution is -2.03. The van der Waals surface area contributed by atoms with Crippen LogP contribution in [0.4, 0.5) is 0 Å². The Morgan fingerprint density at radius 2 is 0.885 bits per heavy atom. The lowest BCUT2D eigenvalue weighted by Gasteiger charge is -2.17. The third kappa shape index (κ3) is 4.72. The zero-order valence-electron chi connectivity index (χ0n) is 28.1. The fourth-order valence-electron chi connectivity index (χ4n) is 7.76. The van der Waals surface area contributed by atoms with Crippen molar-refractivity contribution in [3.8, 4) is 51.0 Å². The zero-order chi connectivity index (χ0) is 34.6. The fourth-order valence-corrected chi connectivity index (χ4v) is 7.76. The number of aromatic nitrogens is 3. The maximum absolute atomic E-state index is 9.67. The normalized spacial score (nSPS) is 11.4. The molecular formula is C48H30N4. The SMILES string of the molecule is N#Cc1ccc(-c2cc(-n3c4ccccc4c4ccc(-c5ccccc5)cc43)ncc2-n2c3ccccc3c3ccc(-c4ccccc4)cc32)cc1. The van der Waals surface area contributed by atoms with Crippen molar-refractivity contribution in [2.45, 2.75) is 0 Å². The van der Waals surface area contributed by atoms with Gasteiger partial charge < -0.3 is 4.57 Å². The number of pyridine rings is 1. The number of benzene rings is 7. The predicted molar refractivity (Wildman–Crippen MR) is 214 cm³/mol. The zero-order valence-corrected chi connectivity index (χ0v) is 28.1. The molecule has 3 aromatic heterocycles. The lowest BCUT2D eigenvalue weighted by atomic mass is 10.0. The van der Waals surface area contributed by atoms with Gasteiger partial charge in [0.25, 0.3) is 0 Å². The maximum atomic E-state index is 9.67. The molecule has 7 aromatic carbocycles. The van der Waals surface area contributed by atoms with Crippen molar-refractivity contribution in [3.05, 3.63) is 188 Å². The van der Waals surface area contributed by atoms with Crippen molar-refractivity contribution in [2.24, 2.45) is 0 Å². The smallest absolute Gasteiger partial charge is 0.138 e. The summed E-state index contributed by atoms with van der Waals surface area (Å²) in [6, 6.07) is 64.0. The van der Waals surface area contributed by atoms with E-state index in [1.165, 1.54) is 32.7 Å². The second-order valence-corrected chi connectivity index (χ2v) is 13.1. The molecule has 0 atom stereocenters. The van der Waals surface area contributed by atoms with Gasteiger partial charge >= 0.3 is 0 Å². The van der Waals surface area contributed by atoms with Gasteiger partial charge in [-0.1, -0.05) is 133 Å². The molecule has 52 heavy (non-hydrogen) atoms. The molecule has 0 unspecified atom stereocenters. The van der Waals surface area contributed by atoms with Crippen LogP contribution in [-0.2, 0) is 0 Å². The van der Waals surface area contributed by atoms with Crippen LogP contribution >= 0.6 is 0 Å². The summed E-state index contributed by atoms with van der Waals surface area (Å²) in [6.07, 6.45) is 2.02. The number of hydrogen-bond acceptors (Lipinski definition) is 2. The quantitative estimate of drug-likeness (QED) is 0.184. The second kappa shape index (κ2) is 12.0. The molecule has 4 nitrogen and oxygen atoms in total. The van der Waals surface area contributed by atoms with Crippen LogP contribution in [0.2, 0.25) is 0 Å². The van der Waals surface area contributed by atoms with Crippen LogP contribution in [-0.4, -0.2) is 14.1 Å². The highest BCUT2D eigenvalue weighted by Crippen LogP contribution is 2.40. The van der Waals surface area contributed by atoms with E-state index in [2.05, 4.69) is 167 Å². The highest BCUT2D eigenvalue weighted by atomic mass is 15.1. The highest BCUT2D eigenvalue weighted by molar-refractivity contribution is 6.12. The van der Waals surface area contributed by atoms with Gasteiger partial charge in [0.05, 0.1) is 45.6 Å². The molecule has 0 N–H and O–H groups in total. The molecule has 0 saturated carbocycles. The Balaban J connectivity index is 1.27. The molecule has 0 aliphatic heterocycles. The highest BCUT2D eigenvalue weighted by Gasteiger charge is 2.20. The van der Waals surface area contributed by atoms with Crippen molar-refractivity contribution < 1.29 is 0 Å². The van der Waals surface area contributed by atoms with E-state index in [1.807, 2.05) is 30.5 Å². The van der Waals surface area contributed by atoms with Gasteiger partial charge in [0.2, 0.25) is 0 Å². The molecule has 0 aliphatic carbocycles. The van der Waals surface area contributed by atoms with Crippen LogP contribution in [0.25, 0.3) is 88.5 Å². The summed E-state index contributed by atoms with van der Waals surface area (Å²) in [7, 11) is 0. The van der Waals surface area contributed by atoms with E-state index >= 15 is 0 Å². The van der Waals surface area contributed by atoms with E-state index in [-0.39, 0.29) is 0 Å². The fraction of sp³-hybridized carbons (Fsp3) is 0. The Morgan fingerprint density at radius 3 is 1.46 bits per heavy atom. The molecule has 242 valence electrons. The van der Waals surface area contributed by atoms with Crippen LogP contribution in [0.1, 0.15) is 5.56 Å². The van der Waals surface area contributed by atoms with Gasteiger partial charge in [0.15, 0.2) is 0 Å². The Bertz CT molecular complexity index is 3000. The first-order valence-corrected chi connectivity index (χ1v) is 17.4. The van der Waals surface area contributed by atoms with E-state index in [4.69, 9.17) is 4.98 Å². The first-order chi connectivity index (χ1) is 25.7. The molecule has 0 saturated heterocycles. The molecule has 0 radical (unpaired) electrons. The minimum Gasteiger partial charge on any atom is -0.307 e. The van der Waals surface area contributed by atoms with E-state index in [9.17, 15) is 5.26 Å². The third-order valence-corrected chi connectivity index (χ3v) is 10.2. The average molecular weight is 663 g/mol. The molecule has 10 aromatic rings. The van der Waals surface area contributed by atoms with E-state index in [0.29, 0.717) is 5.56 Å². The summed E-state index contributed by atoms with van der Waals surface area (Å²) >= 11 is 0. The third-order valence-electron chi connectivity index (χ3n) is 10.2. The van der Waals surface area contributed by atoms with Crippen LogP contribution < -0.4 is 0 Å². The first-order valence-electron chi connectivity index (χ1n) is 17.4. The van der Waals surface area contributed by atoms with Crippen molar-refractivity contribution in [3.63, 3.8) is 0 Å². The first kappa shape index (κ1) is 29.7. The predicted octanol–water partition coefficient (Wildman–Crippen LogP) is 12.1. The Hall–Kier alpha value is -7.22. The van der Waals surface area contributed by atoms with Gasteiger partial charge in [-0.25, -0.2) is 4.98 Å². The molecule has 10 rings (SSSR count). The van der Waals surface area contributed by atoms with Gasteiger partial charge in [0.1, 0.15) is 5.82 Å². The number of nitriles is 1. The molecule has 0 amide bonds. The molecule has 4 heteroatoms. The summed E-state index contributed by atoms with van der Waals surface area (Å²) in [5.74, 6) is 0.824. The topological polar surface area (TPSA) is 46.5 Å². The van der Waals surface area contributed by atoms with Crippen LogP contribution in [0.3, 0.4) is 0 Å². The molecule has 3 heterocycles.